The van der Waals surface area contributed by atoms with Crippen molar-refractivity contribution in [2.45, 2.75) is 5.16 Å². The van der Waals surface area contributed by atoms with Crippen molar-refractivity contribution in [3.05, 3.63) is 70.8 Å². The highest BCUT2D eigenvalue weighted by Crippen LogP contribution is 2.39. The van der Waals surface area contributed by atoms with Crippen molar-refractivity contribution in [3.63, 3.8) is 0 Å². The van der Waals surface area contributed by atoms with Crippen LogP contribution in [0.5, 0.6) is 0 Å². The van der Waals surface area contributed by atoms with Gasteiger partial charge in [-0.25, -0.2) is 15.0 Å². The molecule has 0 atom stereocenters. The molecule has 5 nitrogen and oxygen atoms in total. The van der Waals surface area contributed by atoms with Crippen LogP contribution in [0.15, 0.2) is 66.0 Å². The Labute approximate surface area is 176 Å². The Bertz CT molecular complexity index is 1130. The van der Waals surface area contributed by atoms with Gasteiger partial charge in [-0.3, -0.25) is 0 Å². The van der Waals surface area contributed by atoms with E-state index in [0.29, 0.717) is 37.8 Å². The third kappa shape index (κ3) is 3.35. The van der Waals surface area contributed by atoms with Gasteiger partial charge in [-0.1, -0.05) is 71.4 Å². The molecule has 4 aromatic rings. The molecule has 0 aliphatic carbocycles. The van der Waals surface area contributed by atoms with Crippen molar-refractivity contribution in [2.75, 3.05) is 6.26 Å². The van der Waals surface area contributed by atoms with Crippen LogP contribution in [0.1, 0.15) is 0 Å². The predicted molar refractivity (Wildman–Crippen MR) is 113 cm³/mol. The first-order valence-electron chi connectivity index (χ1n) is 8.29. The van der Waals surface area contributed by atoms with Crippen LogP contribution in [0, 0.1) is 0 Å². The molecule has 0 bridgehead atoms. The molecular weight excluding hydrogens is 415 g/mol. The molecule has 0 fully saturated rings. The Hall–Kier alpha value is -2.54. The maximum Gasteiger partial charge on any atom is 0.187 e. The number of aromatic nitrogens is 4. The second kappa shape index (κ2) is 7.83. The lowest BCUT2D eigenvalue weighted by Crippen LogP contribution is -2.00. The number of nitrogens with zero attached hydrogens (tertiary/aromatic N) is 4. The van der Waals surface area contributed by atoms with Crippen LogP contribution in [0.3, 0.4) is 0 Å². The summed E-state index contributed by atoms with van der Waals surface area (Å²) in [5.74, 6) is 0.244. The number of imidazole rings is 1. The molecule has 28 heavy (non-hydrogen) atoms. The molecule has 0 radical (unpaired) electrons. The van der Waals surface area contributed by atoms with Gasteiger partial charge in [0, 0.05) is 11.8 Å². The SMILES string of the molecule is CSc1nccc(-c2c(-c3ccccc3)nc(-c3c(Cl)cccc3Cl)n2O)n1. The van der Waals surface area contributed by atoms with E-state index in [1.165, 1.54) is 11.8 Å². The predicted octanol–water partition coefficient (Wildman–Crippen LogP) is 5.94. The maximum absolute atomic E-state index is 11.1. The van der Waals surface area contributed by atoms with Gasteiger partial charge in [0.05, 0.1) is 21.3 Å². The lowest BCUT2D eigenvalue weighted by Gasteiger charge is -2.08. The van der Waals surface area contributed by atoms with Gasteiger partial charge in [0.2, 0.25) is 0 Å². The summed E-state index contributed by atoms with van der Waals surface area (Å²) in [6.45, 7) is 0. The average molecular weight is 429 g/mol. The number of halogens is 2. The van der Waals surface area contributed by atoms with E-state index in [-0.39, 0.29) is 5.82 Å². The lowest BCUT2D eigenvalue weighted by molar-refractivity contribution is 0.195. The van der Waals surface area contributed by atoms with Gasteiger partial charge in [-0.2, -0.15) is 4.73 Å². The second-order valence-corrected chi connectivity index (χ2v) is 7.42. The van der Waals surface area contributed by atoms with E-state index in [1.807, 2.05) is 36.6 Å². The summed E-state index contributed by atoms with van der Waals surface area (Å²) < 4.78 is 0.988. The fourth-order valence-electron chi connectivity index (χ4n) is 2.88. The Morgan fingerprint density at radius 1 is 0.929 bits per heavy atom. The number of hydrogen-bond acceptors (Lipinski definition) is 5. The zero-order valence-corrected chi connectivity index (χ0v) is 17.0. The zero-order chi connectivity index (χ0) is 19.7. The van der Waals surface area contributed by atoms with Gasteiger partial charge in [0.15, 0.2) is 11.0 Å². The smallest absolute Gasteiger partial charge is 0.187 e. The highest BCUT2D eigenvalue weighted by atomic mass is 35.5. The van der Waals surface area contributed by atoms with Crippen molar-refractivity contribution in [1.82, 2.24) is 19.7 Å². The van der Waals surface area contributed by atoms with Gasteiger partial charge in [-0.15, -0.1) is 0 Å². The number of benzene rings is 2. The highest BCUT2D eigenvalue weighted by molar-refractivity contribution is 7.98. The van der Waals surface area contributed by atoms with Gasteiger partial charge < -0.3 is 5.21 Å². The topological polar surface area (TPSA) is 63.8 Å². The standard InChI is InChI=1S/C20H14Cl2N4OS/c1-28-20-23-11-10-15(24-20)18-17(12-6-3-2-4-7-12)25-19(26(18)27)16-13(21)8-5-9-14(16)22/h2-11,27H,1H3. The van der Waals surface area contributed by atoms with Crippen LogP contribution >= 0.6 is 35.0 Å². The van der Waals surface area contributed by atoms with Gasteiger partial charge in [0.25, 0.3) is 0 Å². The van der Waals surface area contributed by atoms with E-state index in [2.05, 4.69) is 15.0 Å². The Morgan fingerprint density at radius 3 is 2.32 bits per heavy atom. The first kappa shape index (κ1) is 18.8. The van der Waals surface area contributed by atoms with Gasteiger partial charge in [0.1, 0.15) is 11.4 Å². The summed E-state index contributed by atoms with van der Waals surface area (Å²) in [6.07, 6.45) is 3.54. The molecule has 8 heteroatoms. The fraction of sp³-hybridized carbons (Fsp3) is 0.0500. The molecule has 2 aromatic carbocycles. The molecule has 2 aromatic heterocycles. The zero-order valence-electron chi connectivity index (χ0n) is 14.7. The second-order valence-electron chi connectivity index (χ2n) is 5.84. The van der Waals surface area contributed by atoms with Crippen molar-refractivity contribution in [1.29, 1.82) is 0 Å². The first-order valence-corrected chi connectivity index (χ1v) is 10.3. The van der Waals surface area contributed by atoms with E-state index in [1.54, 1.807) is 30.5 Å². The molecule has 140 valence electrons. The van der Waals surface area contributed by atoms with E-state index in [4.69, 9.17) is 23.2 Å². The lowest BCUT2D eigenvalue weighted by atomic mass is 10.1. The van der Waals surface area contributed by atoms with Crippen LogP contribution < -0.4 is 0 Å². The van der Waals surface area contributed by atoms with Crippen LogP contribution in [-0.2, 0) is 0 Å². The van der Waals surface area contributed by atoms with E-state index in [0.717, 1.165) is 10.3 Å². The van der Waals surface area contributed by atoms with Crippen molar-refractivity contribution in [3.8, 4) is 34.0 Å². The monoisotopic (exact) mass is 428 g/mol. The maximum atomic E-state index is 11.1. The minimum Gasteiger partial charge on any atom is -0.426 e. The molecule has 0 saturated heterocycles. The van der Waals surface area contributed by atoms with E-state index in [9.17, 15) is 5.21 Å². The molecule has 0 aliphatic rings. The molecule has 0 saturated carbocycles. The molecule has 0 unspecified atom stereocenters. The number of thioether (sulfide) groups is 1. The normalized spacial score (nSPS) is 11.0. The Morgan fingerprint density at radius 2 is 1.64 bits per heavy atom. The third-order valence-electron chi connectivity index (χ3n) is 4.15. The average Bonchev–Trinajstić information content (AvgIpc) is 3.05. The Balaban J connectivity index is 2.03. The van der Waals surface area contributed by atoms with Crippen molar-refractivity contribution < 1.29 is 5.21 Å². The summed E-state index contributed by atoms with van der Waals surface area (Å²) in [5.41, 5.74) is 2.84. The number of rotatable bonds is 4. The molecule has 1 N–H and O–H groups in total. The minimum absolute atomic E-state index is 0.244. The van der Waals surface area contributed by atoms with Gasteiger partial charge >= 0.3 is 0 Å². The molecule has 2 heterocycles. The molecule has 0 spiro atoms. The minimum atomic E-state index is 0.244. The van der Waals surface area contributed by atoms with E-state index >= 15 is 0 Å². The summed E-state index contributed by atoms with van der Waals surface area (Å²) in [7, 11) is 0. The summed E-state index contributed by atoms with van der Waals surface area (Å²) in [6, 6.07) is 16.4. The Kier molecular flexibility index (Phi) is 5.26. The first-order chi connectivity index (χ1) is 13.6. The largest absolute Gasteiger partial charge is 0.426 e. The third-order valence-corrected chi connectivity index (χ3v) is 5.34. The fourth-order valence-corrected chi connectivity index (χ4v) is 3.81. The highest BCUT2D eigenvalue weighted by Gasteiger charge is 2.24. The van der Waals surface area contributed by atoms with Crippen molar-refractivity contribution >= 4 is 35.0 Å². The van der Waals surface area contributed by atoms with Crippen LogP contribution in [0.2, 0.25) is 10.0 Å². The number of hydrogen-bond donors (Lipinski definition) is 1. The van der Waals surface area contributed by atoms with Crippen LogP contribution in [0.4, 0.5) is 0 Å². The summed E-state index contributed by atoms with van der Waals surface area (Å²) in [5, 5.41) is 12.4. The molecule has 4 rings (SSSR count). The summed E-state index contributed by atoms with van der Waals surface area (Å²) in [4.78, 5) is 13.4. The van der Waals surface area contributed by atoms with E-state index < -0.39 is 0 Å². The van der Waals surface area contributed by atoms with Crippen molar-refractivity contribution in [2.24, 2.45) is 0 Å². The van der Waals surface area contributed by atoms with Crippen LogP contribution in [0.25, 0.3) is 34.0 Å². The van der Waals surface area contributed by atoms with Gasteiger partial charge in [-0.05, 0) is 24.5 Å². The molecule has 0 aliphatic heterocycles. The quantitative estimate of drug-likeness (QED) is 0.247. The molecule has 0 amide bonds. The molecular formula is C20H14Cl2N4OS. The summed E-state index contributed by atoms with van der Waals surface area (Å²) >= 11 is 14.1. The van der Waals surface area contributed by atoms with Crippen LogP contribution in [-0.4, -0.2) is 31.1 Å².